The molecule has 0 saturated carbocycles. The summed E-state index contributed by atoms with van der Waals surface area (Å²) in [6.07, 6.45) is 6.24. The lowest BCUT2D eigenvalue weighted by atomic mass is 10.1. The van der Waals surface area contributed by atoms with Crippen LogP contribution in [-0.4, -0.2) is 12.5 Å². The highest BCUT2D eigenvalue weighted by Crippen LogP contribution is 2.19. The van der Waals surface area contributed by atoms with Gasteiger partial charge in [-0.15, -0.1) is 11.6 Å². The lowest BCUT2D eigenvalue weighted by Gasteiger charge is -2.09. The third-order valence-corrected chi connectivity index (χ3v) is 3.06. The predicted octanol–water partition coefficient (Wildman–Crippen LogP) is 4.93. The highest BCUT2D eigenvalue weighted by atomic mass is 35.5. The van der Waals surface area contributed by atoms with E-state index >= 15 is 0 Å². The molecule has 0 saturated heterocycles. The zero-order valence-corrected chi connectivity index (χ0v) is 12.7. The van der Waals surface area contributed by atoms with Crippen molar-refractivity contribution in [3.63, 3.8) is 0 Å². The molecule has 0 atom stereocenters. The van der Waals surface area contributed by atoms with Crippen molar-refractivity contribution >= 4 is 11.6 Å². The molecule has 0 aromatic heterocycles. The van der Waals surface area contributed by atoms with E-state index in [-0.39, 0.29) is 0 Å². The molecule has 0 N–H and O–H groups in total. The molecule has 1 rings (SSSR count). The number of rotatable bonds is 7. The van der Waals surface area contributed by atoms with Gasteiger partial charge in [0, 0.05) is 0 Å². The van der Waals surface area contributed by atoms with Crippen molar-refractivity contribution in [3.05, 3.63) is 29.3 Å². The van der Waals surface area contributed by atoms with E-state index in [0.29, 0.717) is 5.88 Å². The zero-order chi connectivity index (χ0) is 13.9. The van der Waals surface area contributed by atoms with E-state index in [1.807, 2.05) is 12.1 Å². The van der Waals surface area contributed by atoms with Gasteiger partial charge < -0.3 is 4.74 Å². The maximum Gasteiger partial charge on any atom is 0.134 e. The van der Waals surface area contributed by atoms with Gasteiger partial charge >= 0.3 is 0 Å². The van der Waals surface area contributed by atoms with E-state index in [0.717, 1.165) is 24.3 Å². The van der Waals surface area contributed by atoms with Gasteiger partial charge in [0.05, 0.1) is 18.1 Å². The summed E-state index contributed by atoms with van der Waals surface area (Å²) in [5.74, 6) is 7.17. The van der Waals surface area contributed by atoms with Crippen LogP contribution in [0.25, 0.3) is 0 Å². The highest BCUT2D eigenvalue weighted by Gasteiger charge is 2.01. The Labute approximate surface area is 122 Å². The second-order valence-corrected chi connectivity index (χ2v) is 4.96. The number of ether oxygens (including phenoxy) is 1. The molecule has 0 aliphatic carbocycles. The molecule has 0 fully saturated rings. The van der Waals surface area contributed by atoms with Gasteiger partial charge in [-0.05, 0) is 31.0 Å². The standard InChI is InChI=1S/C17H23ClO/c1-3-4-5-6-7-13-19-17-11-10-15(2)14-16(17)9-8-12-18/h10-11,14H,3-7,12-13H2,1-2H3. The van der Waals surface area contributed by atoms with Crippen LogP contribution in [0, 0.1) is 18.8 Å². The topological polar surface area (TPSA) is 9.23 Å². The third kappa shape index (κ3) is 6.55. The largest absolute Gasteiger partial charge is 0.492 e. The predicted molar refractivity (Wildman–Crippen MR) is 83.0 cm³/mol. The summed E-state index contributed by atoms with van der Waals surface area (Å²) >= 11 is 5.60. The van der Waals surface area contributed by atoms with Gasteiger partial charge in [-0.2, -0.15) is 0 Å². The number of alkyl halides is 1. The zero-order valence-electron chi connectivity index (χ0n) is 12.0. The maximum absolute atomic E-state index is 5.82. The second-order valence-electron chi connectivity index (χ2n) is 4.70. The molecule has 1 aromatic carbocycles. The molecule has 0 radical (unpaired) electrons. The average molecular weight is 279 g/mol. The van der Waals surface area contributed by atoms with Crippen LogP contribution in [0.3, 0.4) is 0 Å². The maximum atomic E-state index is 5.82. The summed E-state index contributed by atoms with van der Waals surface area (Å²) in [6.45, 7) is 5.05. The van der Waals surface area contributed by atoms with Crippen molar-refractivity contribution < 1.29 is 4.74 Å². The summed E-state index contributed by atoms with van der Waals surface area (Å²) in [4.78, 5) is 0. The smallest absolute Gasteiger partial charge is 0.134 e. The number of benzene rings is 1. The van der Waals surface area contributed by atoms with Gasteiger partial charge in [0.25, 0.3) is 0 Å². The summed E-state index contributed by atoms with van der Waals surface area (Å²) in [7, 11) is 0. The SMILES string of the molecule is CCCCCCCOc1ccc(C)cc1C#CCCl. The Bertz CT molecular complexity index is 429. The van der Waals surface area contributed by atoms with Gasteiger partial charge in [-0.1, -0.05) is 50.5 Å². The Morgan fingerprint density at radius 2 is 1.95 bits per heavy atom. The Balaban J connectivity index is 2.48. The van der Waals surface area contributed by atoms with E-state index in [1.54, 1.807) is 0 Å². The Hall–Kier alpha value is -1.13. The van der Waals surface area contributed by atoms with Crippen LogP contribution in [0.1, 0.15) is 50.2 Å². The average Bonchev–Trinajstić information content (AvgIpc) is 2.42. The minimum atomic E-state index is 0.352. The van der Waals surface area contributed by atoms with E-state index in [9.17, 15) is 0 Å². The molecule has 1 aromatic rings. The quantitative estimate of drug-likeness (QED) is 0.390. The Morgan fingerprint density at radius 3 is 2.68 bits per heavy atom. The molecule has 104 valence electrons. The summed E-state index contributed by atoms with van der Waals surface area (Å²) < 4.78 is 5.82. The van der Waals surface area contributed by atoms with Crippen LogP contribution in [0.5, 0.6) is 5.75 Å². The first-order valence-electron chi connectivity index (χ1n) is 7.06. The van der Waals surface area contributed by atoms with Crippen molar-refractivity contribution in [1.82, 2.24) is 0 Å². The van der Waals surface area contributed by atoms with Crippen molar-refractivity contribution in [2.75, 3.05) is 12.5 Å². The van der Waals surface area contributed by atoms with Gasteiger partial charge in [-0.25, -0.2) is 0 Å². The molecular weight excluding hydrogens is 256 g/mol. The number of halogens is 1. The fourth-order valence-electron chi connectivity index (χ4n) is 1.88. The first kappa shape index (κ1) is 15.9. The normalized spacial score (nSPS) is 9.84. The molecule has 0 spiro atoms. The van der Waals surface area contributed by atoms with Gasteiger partial charge in [0.2, 0.25) is 0 Å². The number of hydrogen-bond donors (Lipinski definition) is 0. The van der Waals surface area contributed by atoms with Crippen LogP contribution in [0.2, 0.25) is 0 Å². The van der Waals surface area contributed by atoms with Crippen molar-refractivity contribution in [3.8, 4) is 17.6 Å². The molecule has 0 bridgehead atoms. The van der Waals surface area contributed by atoms with Crippen LogP contribution in [-0.2, 0) is 0 Å². The Morgan fingerprint density at radius 1 is 1.16 bits per heavy atom. The van der Waals surface area contributed by atoms with E-state index in [4.69, 9.17) is 16.3 Å². The van der Waals surface area contributed by atoms with E-state index in [1.165, 1.54) is 31.2 Å². The summed E-state index contributed by atoms with van der Waals surface area (Å²) in [5.41, 5.74) is 2.13. The van der Waals surface area contributed by atoms with Crippen LogP contribution >= 0.6 is 11.6 Å². The van der Waals surface area contributed by atoms with Crippen molar-refractivity contribution in [2.45, 2.75) is 46.0 Å². The first-order chi connectivity index (χ1) is 9.27. The lowest BCUT2D eigenvalue weighted by Crippen LogP contribution is -1.99. The molecule has 0 aliphatic heterocycles. The van der Waals surface area contributed by atoms with Crippen LogP contribution < -0.4 is 4.74 Å². The minimum absolute atomic E-state index is 0.352. The molecule has 0 amide bonds. The molecule has 19 heavy (non-hydrogen) atoms. The second kappa shape index (κ2) is 9.75. The lowest BCUT2D eigenvalue weighted by molar-refractivity contribution is 0.304. The molecule has 0 aliphatic rings. The van der Waals surface area contributed by atoms with Gasteiger partial charge in [0.1, 0.15) is 5.75 Å². The van der Waals surface area contributed by atoms with Crippen LogP contribution in [0.4, 0.5) is 0 Å². The highest BCUT2D eigenvalue weighted by molar-refractivity contribution is 6.19. The van der Waals surface area contributed by atoms with Gasteiger partial charge in [0.15, 0.2) is 0 Å². The summed E-state index contributed by atoms with van der Waals surface area (Å²) in [5, 5.41) is 0. The van der Waals surface area contributed by atoms with E-state index < -0.39 is 0 Å². The molecular formula is C17H23ClO. The summed E-state index contributed by atoms with van der Waals surface area (Å²) in [6, 6.07) is 6.10. The van der Waals surface area contributed by atoms with Crippen LogP contribution in [0.15, 0.2) is 18.2 Å². The van der Waals surface area contributed by atoms with Crippen molar-refractivity contribution in [2.24, 2.45) is 0 Å². The van der Waals surface area contributed by atoms with E-state index in [2.05, 4.69) is 31.8 Å². The molecule has 0 heterocycles. The molecule has 2 heteroatoms. The third-order valence-electron chi connectivity index (χ3n) is 2.93. The monoisotopic (exact) mass is 278 g/mol. The fraction of sp³-hybridized carbons (Fsp3) is 0.529. The number of aryl methyl sites for hydroxylation is 1. The number of hydrogen-bond acceptors (Lipinski definition) is 1. The molecule has 1 nitrogen and oxygen atoms in total. The minimum Gasteiger partial charge on any atom is -0.492 e. The fourth-order valence-corrected chi connectivity index (χ4v) is 1.95. The van der Waals surface area contributed by atoms with Crippen molar-refractivity contribution in [1.29, 1.82) is 0 Å². The number of unbranched alkanes of at least 4 members (excludes halogenated alkanes) is 4. The van der Waals surface area contributed by atoms with Gasteiger partial charge in [-0.3, -0.25) is 0 Å². The first-order valence-corrected chi connectivity index (χ1v) is 7.59. The molecule has 0 unspecified atom stereocenters. The Kier molecular flexibility index (Phi) is 8.18.